The lowest BCUT2D eigenvalue weighted by Gasteiger charge is -2.31. The Morgan fingerprint density at radius 3 is 2.48 bits per heavy atom. The number of nitriles is 1. The maximum Gasteiger partial charge on any atom is 0.262 e. The van der Waals surface area contributed by atoms with Gasteiger partial charge in [-0.15, -0.1) is 0 Å². The lowest BCUT2D eigenvalue weighted by atomic mass is 10.1. The summed E-state index contributed by atoms with van der Waals surface area (Å²) < 4.78 is 0. The van der Waals surface area contributed by atoms with Crippen LogP contribution in [0.15, 0.2) is 29.8 Å². The molecule has 1 aliphatic heterocycles. The molecule has 5 nitrogen and oxygen atoms in total. The lowest BCUT2D eigenvalue weighted by molar-refractivity contribution is -0.117. The molecule has 0 saturated carbocycles. The Hall–Kier alpha value is -2.32. The zero-order valence-electron chi connectivity index (χ0n) is 13.6. The molecule has 1 aromatic carbocycles. The molecule has 1 aromatic rings. The lowest BCUT2D eigenvalue weighted by Crippen LogP contribution is -2.35. The number of anilines is 1. The number of hydrogen-bond acceptors (Lipinski definition) is 4. The molecule has 1 amide bonds. The fourth-order valence-electron chi connectivity index (χ4n) is 2.56. The van der Waals surface area contributed by atoms with E-state index in [-0.39, 0.29) is 23.6 Å². The normalized spacial score (nSPS) is 16.3. The SMILES string of the molecule is CC(C)NC(=O)C(C#N)=Cc1ccc(N2CCC(O)CC2)cc1. The predicted octanol–water partition coefficient (Wildman–Crippen LogP) is 2.08. The minimum atomic E-state index is -0.350. The summed E-state index contributed by atoms with van der Waals surface area (Å²) in [7, 11) is 0. The van der Waals surface area contributed by atoms with Crippen LogP contribution < -0.4 is 10.2 Å². The van der Waals surface area contributed by atoms with Gasteiger partial charge in [0.1, 0.15) is 11.6 Å². The molecule has 1 fully saturated rings. The molecular weight excluding hydrogens is 290 g/mol. The number of amides is 1. The van der Waals surface area contributed by atoms with Crippen LogP contribution in [0.2, 0.25) is 0 Å². The molecule has 0 aromatic heterocycles. The van der Waals surface area contributed by atoms with Gasteiger partial charge in [-0.2, -0.15) is 5.26 Å². The second kappa shape index (κ2) is 7.80. The van der Waals surface area contributed by atoms with Crippen LogP contribution in [-0.2, 0) is 4.79 Å². The molecule has 0 atom stereocenters. The van der Waals surface area contributed by atoms with E-state index in [4.69, 9.17) is 5.26 Å². The number of rotatable bonds is 4. The summed E-state index contributed by atoms with van der Waals surface area (Å²) in [4.78, 5) is 14.1. The molecule has 0 unspecified atom stereocenters. The van der Waals surface area contributed by atoms with E-state index in [0.29, 0.717) is 0 Å². The first kappa shape index (κ1) is 17.0. The average Bonchev–Trinajstić information content (AvgIpc) is 2.53. The van der Waals surface area contributed by atoms with Gasteiger partial charge in [-0.3, -0.25) is 4.79 Å². The highest BCUT2D eigenvalue weighted by Gasteiger charge is 2.17. The molecule has 0 radical (unpaired) electrons. The van der Waals surface area contributed by atoms with Gasteiger partial charge in [0, 0.05) is 24.8 Å². The van der Waals surface area contributed by atoms with Gasteiger partial charge in [0.15, 0.2) is 0 Å². The van der Waals surface area contributed by atoms with Gasteiger partial charge in [0.2, 0.25) is 0 Å². The Bertz CT molecular complexity index is 606. The van der Waals surface area contributed by atoms with E-state index in [1.807, 2.05) is 44.2 Å². The van der Waals surface area contributed by atoms with E-state index < -0.39 is 0 Å². The molecule has 1 aliphatic rings. The molecule has 5 heteroatoms. The largest absolute Gasteiger partial charge is 0.393 e. The molecular formula is C18H23N3O2. The van der Waals surface area contributed by atoms with E-state index in [9.17, 15) is 9.90 Å². The fourth-order valence-corrected chi connectivity index (χ4v) is 2.56. The standard InChI is InChI=1S/C18H23N3O2/c1-13(2)20-18(23)15(12-19)11-14-3-5-16(6-4-14)21-9-7-17(22)8-10-21/h3-6,11,13,17,22H,7-10H2,1-2H3,(H,20,23). The zero-order valence-corrected chi connectivity index (χ0v) is 13.6. The van der Waals surface area contributed by atoms with Gasteiger partial charge in [-0.1, -0.05) is 12.1 Å². The van der Waals surface area contributed by atoms with Gasteiger partial charge in [0.25, 0.3) is 5.91 Å². The number of nitrogens with zero attached hydrogens (tertiary/aromatic N) is 2. The molecule has 0 aliphatic carbocycles. The predicted molar refractivity (Wildman–Crippen MR) is 90.8 cm³/mol. The quantitative estimate of drug-likeness (QED) is 0.659. The summed E-state index contributed by atoms with van der Waals surface area (Å²) in [5, 5.41) is 21.4. The van der Waals surface area contributed by atoms with Gasteiger partial charge >= 0.3 is 0 Å². The summed E-state index contributed by atoms with van der Waals surface area (Å²) in [5.41, 5.74) is 2.02. The summed E-state index contributed by atoms with van der Waals surface area (Å²) in [6, 6.07) is 9.72. The molecule has 122 valence electrons. The third kappa shape index (κ3) is 4.83. The van der Waals surface area contributed by atoms with Crippen LogP contribution in [0.1, 0.15) is 32.3 Å². The van der Waals surface area contributed by atoms with E-state index in [2.05, 4.69) is 10.2 Å². The number of benzene rings is 1. The third-order valence-corrected chi connectivity index (χ3v) is 3.82. The second-order valence-electron chi connectivity index (χ2n) is 6.11. The Kier molecular flexibility index (Phi) is 5.78. The van der Waals surface area contributed by atoms with Crippen LogP contribution in [0.5, 0.6) is 0 Å². The summed E-state index contributed by atoms with van der Waals surface area (Å²) in [6.07, 6.45) is 2.98. The first-order chi connectivity index (χ1) is 11.0. The number of carbonyl (C=O) groups excluding carboxylic acids is 1. The number of aliphatic hydroxyl groups excluding tert-OH is 1. The van der Waals surface area contributed by atoms with Gasteiger partial charge < -0.3 is 15.3 Å². The first-order valence-electron chi connectivity index (χ1n) is 7.95. The molecule has 1 heterocycles. The fraction of sp³-hybridized carbons (Fsp3) is 0.444. The average molecular weight is 313 g/mol. The number of aliphatic hydroxyl groups is 1. The molecule has 2 N–H and O–H groups in total. The number of hydrogen-bond donors (Lipinski definition) is 2. The maximum absolute atomic E-state index is 11.9. The van der Waals surface area contributed by atoms with Crippen molar-refractivity contribution >= 4 is 17.7 Å². The Labute approximate surface area is 137 Å². The summed E-state index contributed by atoms with van der Waals surface area (Å²) >= 11 is 0. The van der Waals surface area contributed by atoms with Crippen molar-refractivity contribution in [3.05, 3.63) is 35.4 Å². The summed E-state index contributed by atoms with van der Waals surface area (Å²) in [5.74, 6) is -0.350. The third-order valence-electron chi connectivity index (χ3n) is 3.82. The topological polar surface area (TPSA) is 76.4 Å². The van der Waals surface area contributed by atoms with Crippen molar-refractivity contribution in [1.29, 1.82) is 5.26 Å². The van der Waals surface area contributed by atoms with E-state index in [1.165, 1.54) is 0 Å². The van der Waals surface area contributed by atoms with Crippen LogP contribution in [0, 0.1) is 11.3 Å². The Balaban J connectivity index is 2.08. The second-order valence-corrected chi connectivity index (χ2v) is 6.11. The zero-order chi connectivity index (χ0) is 16.8. The minimum absolute atomic E-state index is 0.00363. The van der Waals surface area contributed by atoms with Crippen LogP contribution in [0.25, 0.3) is 6.08 Å². The van der Waals surface area contributed by atoms with E-state index in [0.717, 1.165) is 37.2 Å². The van der Waals surface area contributed by atoms with Crippen LogP contribution in [0.4, 0.5) is 5.69 Å². The molecule has 1 saturated heterocycles. The Morgan fingerprint density at radius 1 is 1.35 bits per heavy atom. The van der Waals surface area contributed by atoms with Crippen molar-refractivity contribution in [3.63, 3.8) is 0 Å². The number of carbonyl (C=O) groups is 1. The van der Waals surface area contributed by atoms with Crippen molar-refractivity contribution in [2.24, 2.45) is 0 Å². The molecule has 2 rings (SSSR count). The van der Waals surface area contributed by atoms with Crippen molar-refractivity contribution < 1.29 is 9.90 Å². The summed E-state index contributed by atoms with van der Waals surface area (Å²) in [6.45, 7) is 5.40. The van der Waals surface area contributed by atoms with Crippen molar-refractivity contribution in [3.8, 4) is 6.07 Å². The van der Waals surface area contributed by atoms with Crippen LogP contribution >= 0.6 is 0 Å². The highest BCUT2D eigenvalue weighted by Crippen LogP contribution is 2.21. The highest BCUT2D eigenvalue weighted by atomic mass is 16.3. The molecule has 0 spiro atoms. The van der Waals surface area contributed by atoms with Crippen molar-refractivity contribution in [2.45, 2.75) is 38.8 Å². The molecule has 0 bridgehead atoms. The van der Waals surface area contributed by atoms with Crippen LogP contribution in [-0.4, -0.2) is 36.2 Å². The minimum Gasteiger partial charge on any atom is -0.393 e. The highest BCUT2D eigenvalue weighted by molar-refractivity contribution is 6.01. The van der Waals surface area contributed by atoms with Gasteiger partial charge in [-0.05, 0) is 50.5 Å². The van der Waals surface area contributed by atoms with Crippen molar-refractivity contribution in [2.75, 3.05) is 18.0 Å². The van der Waals surface area contributed by atoms with Crippen molar-refractivity contribution in [1.82, 2.24) is 5.32 Å². The number of nitrogens with one attached hydrogen (secondary N) is 1. The molecule has 23 heavy (non-hydrogen) atoms. The smallest absolute Gasteiger partial charge is 0.262 e. The monoisotopic (exact) mass is 313 g/mol. The maximum atomic E-state index is 11.9. The van der Waals surface area contributed by atoms with Crippen LogP contribution in [0.3, 0.4) is 0 Å². The first-order valence-corrected chi connectivity index (χ1v) is 7.95. The van der Waals surface area contributed by atoms with Gasteiger partial charge in [-0.25, -0.2) is 0 Å². The Morgan fingerprint density at radius 2 is 1.96 bits per heavy atom. The van der Waals surface area contributed by atoms with E-state index >= 15 is 0 Å². The van der Waals surface area contributed by atoms with Gasteiger partial charge in [0.05, 0.1) is 6.10 Å². The number of piperidine rings is 1. The van der Waals surface area contributed by atoms with E-state index in [1.54, 1.807) is 6.08 Å².